The molecule has 1 heterocycles. The highest BCUT2D eigenvalue weighted by molar-refractivity contribution is 8.26. The fourth-order valence-corrected chi connectivity index (χ4v) is 4.09. The van der Waals surface area contributed by atoms with Crippen molar-refractivity contribution < 1.29 is 14.3 Å². The molecular formula is C20H18ClNO3S2. The SMILES string of the molecule is COc1ccc(C=C2SC(=S)N(CCc3ccc(Cl)cc3)C2=O)c(OC)c1. The van der Waals surface area contributed by atoms with Crippen LogP contribution in [-0.4, -0.2) is 35.9 Å². The van der Waals surface area contributed by atoms with Gasteiger partial charge in [0.2, 0.25) is 0 Å². The Morgan fingerprint density at radius 3 is 2.56 bits per heavy atom. The van der Waals surface area contributed by atoms with E-state index in [1.807, 2.05) is 36.4 Å². The minimum absolute atomic E-state index is 0.0863. The van der Waals surface area contributed by atoms with E-state index in [-0.39, 0.29) is 5.91 Å². The summed E-state index contributed by atoms with van der Waals surface area (Å²) in [5.74, 6) is 1.25. The average molecular weight is 420 g/mol. The first kappa shape index (κ1) is 19.7. The van der Waals surface area contributed by atoms with Crippen LogP contribution in [0.15, 0.2) is 47.4 Å². The molecule has 0 spiro atoms. The molecule has 1 saturated heterocycles. The number of carbonyl (C=O) groups is 1. The number of thioether (sulfide) groups is 1. The Hall–Kier alpha value is -2.02. The van der Waals surface area contributed by atoms with Crippen molar-refractivity contribution in [2.45, 2.75) is 6.42 Å². The first-order valence-electron chi connectivity index (χ1n) is 8.23. The van der Waals surface area contributed by atoms with E-state index in [1.165, 1.54) is 11.8 Å². The van der Waals surface area contributed by atoms with Gasteiger partial charge in [-0.3, -0.25) is 9.69 Å². The van der Waals surface area contributed by atoms with E-state index in [4.69, 9.17) is 33.3 Å². The fourth-order valence-electron chi connectivity index (χ4n) is 2.66. The summed E-state index contributed by atoms with van der Waals surface area (Å²) in [6, 6.07) is 13.1. The monoisotopic (exact) mass is 419 g/mol. The molecule has 0 atom stereocenters. The molecule has 0 aromatic heterocycles. The van der Waals surface area contributed by atoms with Gasteiger partial charge in [-0.05, 0) is 42.3 Å². The largest absolute Gasteiger partial charge is 0.497 e. The van der Waals surface area contributed by atoms with Crippen LogP contribution in [0.25, 0.3) is 6.08 Å². The van der Waals surface area contributed by atoms with Crippen molar-refractivity contribution in [1.29, 1.82) is 0 Å². The number of nitrogens with zero attached hydrogens (tertiary/aromatic N) is 1. The predicted octanol–water partition coefficient (Wildman–Crippen LogP) is 4.80. The van der Waals surface area contributed by atoms with Crippen molar-refractivity contribution in [2.24, 2.45) is 0 Å². The van der Waals surface area contributed by atoms with Gasteiger partial charge < -0.3 is 9.47 Å². The van der Waals surface area contributed by atoms with Crippen LogP contribution in [0.3, 0.4) is 0 Å². The summed E-state index contributed by atoms with van der Waals surface area (Å²) in [7, 11) is 3.18. The minimum atomic E-state index is -0.0863. The normalized spacial score (nSPS) is 15.5. The molecule has 1 aliphatic rings. The summed E-state index contributed by atoms with van der Waals surface area (Å²) in [6.07, 6.45) is 2.52. The third-order valence-corrected chi connectivity index (χ3v) is 5.77. The molecule has 3 rings (SSSR count). The smallest absolute Gasteiger partial charge is 0.266 e. The molecule has 0 N–H and O–H groups in total. The van der Waals surface area contributed by atoms with Crippen LogP contribution >= 0.6 is 35.6 Å². The molecule has 7 heteroatoms. The lowest BCUT2D eigenvalue weighted by Crippen LogP contribution is -2.30. The first-order chi connectivity index (χ1) is 13.0. The number of rotatable bonds is 6. The second-order valence-corrected chi connectivity index (χ2v) is 7.93. The lowest BCUT2D eigenvalue weighted by atomic mass is 10.1. The minimum Gasteiger partial charge on any atom is -0.497 e. The van der Waals surface area contributed by atoms with Crippen molar-refractivity contribution >= 4 is 51.9 Å². The van der Waals surface area contributed by atoms with E-state index in [9.17, 15) is 4.79 Å². The highest BCUT2D eigenvalue weighted by Gasteiger charge is 2.31. The molecule has 0 aliphatic carbocycles. The van der Waals surface area contributed by atoms with E-state index < -0.39 is 0 Å². The van der Waals surface area contributed by atoms with Crippen LogP contribution in [0.4, 0.5) is 0 Å². The van der Waals surface area contributed by atoms with Crippen molar-refractivity contribution in [3.63, 3.8) is 0 Å². The third-order valence-electron chi connectivity index (χ3n) is 4.14. The van der Waals surface area contributed by atoms with Crippen molar-refractivity contribution in [2.75, 3.05) is 20.8 Å². The third kappa shape index (κ3) is 4.64. The Bertz CT molecular complexity index is 897. The molecule has 4 nitrogen and oxygen atoms in total. The maximum atomic E-state index is 12.8. The van der Waals surface area contributed by atoms with Crippen LogP contribution in [0.1, 0.15) is 11.1 Å². The molecule has 1 aliphatic heterocycles. The first-order valence-corrected chi connectivity index (χ1v) is 9.84. The second-order valence-electron chi connectivity index (χ2n) is 5.82. The number of hydrogen-bond donors (Lipinski definition) is 0. The Balaban J connectivity index is 1.75. The second kappa shape index (κ2) is 8.78. The zero-order valence-electron chi connectivity index (χ0n) is 14.9. The summed E-state index contributed by atoms with van der Waals surface area (Å²) in [6.45, 7) is 0.531. The lowest BCUT2D eigenvalue weighted by Gasteiger charge is -2.14. The van der Waals surface area contributed by atoms with Gasteiger partial charge in [0.1, 0.15) is 15.8 Å². The Kier molecular flexibility index (Phi) is 6.42. The molecule has 0 radical (unpaired) electrons. The van der Waals surface area contributed by atoms with Gasteiger partial charge in [0.15, 0.2) is 0 Å². The molecule has 1 amide bonds. The van der Waals surface area contributed by atoms with Crippen LogP contribution in [0, 0.1) is 0 Å². The number of methoxy groups -OCH3 is 2. The number of thiocarbonyl (C=S) groups is 1. The van der Waals surface area contributed by atoms with Gasteiger partial charge in [-0.15, -0.1) is 0 Å². The quantitative estimate of drug-likeness (QED) is 0.496. The highest BCUT2D eigenvalue weighted by atomic mass is 35.5. The van der Waals surface area contributed by atoms with Crippen LogP contribution < -0.4 is 9.47 Å². The van der Waals surface area contributed by atoms with Gasteiger partial charge in [-0.25, -0.2) is 0 Å². The van der Waals surface area contributed by atoms with Crippen molar-refractivity contribution in [3.05, 3.63) is 63.5 Å². The van der Waals surface area contributed by atoms with E-state index >= 15 is 0 Å². The Labute approximate surface area is 173 Å². The molecular weight excluding hydrogens is 402 g/mol. The predicted molar refractivity (Wildman–Crippen MR) is 115 cm³/mol. The summed E-state index contributed by atoms with van der Waals surface area (Å²) < 4.78 is 11.2. The summed E-state index contributed by atoms with van der Waals surface area (Å²) >= 11 is 12.6. The van der Waals surface area contributed by atoms with Crippen LogP contribution in [0.5, 0.6) is 11.5 Å². The molecule has 0 unspecified atom stereocenters. The van der Waals surface area contributed by atoms with Gasteiger partial charge in [-0.1, -0.05) is 47.7 Å². The molecule has 140 valence electrons. The maximum absolute atomic E-state index is 12.8. The number of carbonyl (C=O) groups excluding carboxylic acids is 1. The molecule has 2 aromatic rings. The maximum Gasteiger partial charge on any atom is 0.266 e. The number of amides is 1. The summed E-state index contributed by atoms with van der Waals surface area (Å²) in [5.41, 5.74) is 1.91. The number of halogens is 1. The highest BCUT2D eigenvalue weighted by Crippen LogP contribution is 2.35. The Morgan fingerprint density at radius 1 is 1.15 bits per heavy atom. The topological polar surface area (TPSA) is 38.8 Å². The van der Waals surface area contributed by atoms with Gasteiger partial charge in [0.25, 0.3) is 5.91 Å². The van der Waals surface area contributed by atoms with Crippen LogP contribution in [-0.2, 0) is 11.2 Å². The van der Waals surface area contributed by atoms with E-state index in [2.05, 4.69) is 0 Å². The number of benzene rings is 2. The molecule has 1 fully saturated rings. The number of hydrogen-bond acceptors (Lipinski definition) is 5. The molecule has 2 aromatic carbocycles. The summed E-state index contributed by atoms with van der Waals surface area (Å²) in [5, 5.41) is 0.695. The van der Waals surface area contributed by atoms with Gasteiger partial charge in [-0.2, -0.15) is 0 Å². The summed E-state index contributed by atoms with van der Waals surface area (Å²) in [4.78, 5) is 15.0. The van der Waals surface area contributed by atoms with Gasteiger partial charge in [0, 0.05) is 23.2 Å². The van der Waals surface area contributed by atoms with Crippen molar-refractivity contribution in [3.8, 4) is 11.5 Å². The standard InChI is InChI=1S/C20H18ClNO3S2/c1-24-16-8-5-14(17(12-16)25-2)11-18-19(23)22(20(26)27-18)10-9-13-3-6-15(21)7-4-13/h3-8,11-12H,9-10H2,1-2H3. The van der Waals surface area contributed by atoms with Crippen molar-refractivity contribution in [1.82, 2.24) is 4.90 Å². The van der Waals surface area contributed by atoms with Crippen LogP contribution in [0.2, 0.25) is 5.02 Å². The zero-order chi connectivity index (χ0) is 19.4. The molecule has 0 saturated carbocycles. The fraction of sp³-hybridized carbons (Fsp3) is 0.200. The lowest BCUT2D eigenvalue weighted by molar-refractivity contribution is -0.122. The Morgan fingerprint density at radius 2 is 1.89 bits per heavy atom. The van der Waals surface area contributed by atoms with E-state index in [0.717, 1.165) is 11.1 Å². The average Bonchev–Trinajstić information content (AvgIpc) is 2.94. The van der Waals surface area contributed by atoms with E-state index in [1.54, 1.807) is 31.3 Å². The molecule has 27 heavy (non-hydrogen) atoms. The number of ether oxygens (including phenoxy) is 2. The van der Waals surface area contributed by atoms with E-state index in [0.29, 0.717) is 38.7 Å². The zero-order valence-corrected chi connectivity index (χ0v) is 17.3. The molecule has 0 bridgehead atoms. The van der Waals surface area contributed by atoms with Gasteiger partial charge >= 0.3 is 0 Å². The van der Waals surface area contributed by atoms with Gasteiger partial charge in [0.05, 0.1) is 19.1 Å².